The second-order valence-electron chi connectivity index (χ2n) is 11.2. The molecule has 0 aromatic rings. The smallest absolute Gasteiger partial charge is 0.0651 e. The van der Waals surface area contributed by atoms with Crippen molar-refractivity contribution >= 4 is 0 Å². The first kappa shape index (κ1) is 23.5. The highest BCUT2D eigenvalue weighted by Gasteiger charge is 2.50. The third-order valence-corrected chi connectivity index (χ3v) is 8.68. The maximum absolute atomic E-state index is 10.3. The first-order chi connectivity index (χ1) is 14.0. The molecule has 2 heteroatoms. The van der Waals surface area contributed by atoms with Crippen molar-refractivity contribution < 1.29 is 10.2 Å². The molecule has 2 N–H and O–H groups in total. The van der Waals surface area contributed by atoms with Crippen molar-refractivity contribution in [2.24, 2.45) is 29.1 Å². The second-order valence-corrected chi connectivity index (χ2v) is 11.2. The highest BCUT2D eigenvalue weighted by atomic mass is 16.3. The van der Waals surface area contributed by atoms with Crippen molar-refractivity contribution in [2.45, 2.75) is 97.7 Å². The number of fused-ring (bicyclic) bond motifs is 1. The molecule has 0 saturated heterocycles. The van der Waals surface area contributed by atoms with Gasteiger partial charge in [-0.05, 0) is 94.0 Å². The van der Waals surface area contributed by atoms with Crippen LogP contribution in [0.3, 0.4) is 0 Å². The van der Waals surface area contributed by atoms with Crippen LogP contribution >= 0.6 is 0 Å². The summed E-state index contributed by atoms with van der Waals surface area (Å²) in [5.41, 5.74) is 3.78. The Hall–Kier alpha value is -1.12. The van der Waals surface area contributed by atoms with E-state index in [9.17, 15) is 10.2 Å². The Morgan fingerprint density at radius 3 is 2.53 bits per heavy atom. The molecule has 30 heavy (non-hydrogen) atoms. The third-order valence-electron chi connectivity index (χ3n) is 8.68. The Kier molecular flexibility index (Phi) is 7.19. The van der Waals surface area contributed by atoms with Crippen LogP contribution in [0, 0.1) is 29.1 Å². The highest BCUT2D eigenvalue weighted by Crippen LogP contribution is 2.59. The number of hydrogen-bond donors (Lipinski definition) is 2. The molecule has 3 saturated carbocycles. The number of aliphatic hydroxyl groups is 2. The lowest BCUT2D eigenvalue weighted by atomic mass is 9.61. The van der Waals surface area contributed by atoms with Crippen LogP contribution in [0.15, 0.2) is 47.6 Å². The normalized spacial score (nSPS) is 37.7. The summed E-state index contributed by atoms with van der Waals surface area (Å²) in [6, 6.07) is 0. The molecule has 0 aromatic carbocycles. The van der Waals surface area contributed by atoms with Crippen LogP contribution in [0.2, 0.25) is 0 Å². The summed E-state index contributed by atoms with van der Waals surface area (Å²) >= 11 is 0. The first-order valence-electron chi connectivity index (χ1n) is 12.2. The summed E-state index contributed by atoms with van der Waals surface area (Å²) in [5.74, 6) is 2.08. The molecule has 3 aliphatic carbocycles. The van der Waals surface area contributed by atoms with Gasteiger partial charge in [0, 0.05) is 5.92 Å². The molecule has 0 aromatic heterocycles. The number of hydrogen-bond acceptors (Lipinski definition) is 2. The number of rotatable bonds is 5. The van der Waals surface area contributed by atoms with Crippen LogP contribution < -0.4 is 0 Å². The fraction of sp³-hybridized carbons (Fsp3) is 0.714. The summed E-state index contributed by atoms with van der Waals surface area (Å²) < 4.78 is 0. The molecule has 3 fully saturated rings. The second kappa shape index (κ2) is 9.17. The Bertz CT molecular complexity index is 719. The van der Waals surface area contributed by atoms with Crippen LogP contribution in [0.4, 0.5) is 0 Å². The van der Waals surface area contributed by atoms with E-state index in [1.807, 2.05) is 13.8 Å². The van der Waals surface area contributed by atoms with E-state index in [0.29, 0.717) is 23.2 Å². The number of aliphatic hydroxyl groups excluding tert-OH is 1. The molecule has 0 amide bonds. The molecule has 0 bridgehead atoms. The molecule has 0 spiro atoms. The monoisotopic (exact) mass is 412 g/mol. The zero-order valence-corrected chi connectivity index (χ0v) is 20.0. The SMILES string of the molecule is C=C1CC[C@H](O)C/C1=C/C=C1/CCC[C@]2(C)[C@@H]([C@H](C)/C=C/[C@H](C)C(C)(C)O)CC[C@@H]12. The van der Waals surface area contributed by atoms with Crippen molar-refractivity contribution in [3.63, 3.8) is 0 Å². The first-order valence-corrected chi connectivity index (χ1v) is 12.2. The van der Waals surface area contributed by atoms with Gasteiger partial charge in [-0.3, -0.25) is 0 Å². The van der Waals surface area contributed by atoms with Gasteiger partial charge in [0.1, 0.15) is 0 Å². The largest absolute Gasteiger partial charge is 0.393 e. The van der Waals surface area contributed by atoms with Crippen LogP contribution in [-0.4, -0.2) is 21.9 Å². The van der Waals surface area contributed by atoms with E-state index in [4.69, 9.17) is 0 Å². The minimum atomic E-state index is -0.663. The third kappa shape index (κ3) is 5.02. The lowest BCUT2D eigenvalue weighted by Gasteiger charge is -2.44. The molecule has 0 radical (unpaired) electrons. The van der Waals surface area contributed by atoms with Crippen molar-refractivity contribution in [3.8, 4) is 0 Å². The Morgan fingerprint density at radius 1 is 1.10 bits per heavy atom. The van der Waals surface area contributed by atoms with Gasteiger partial charge in [0.25, 0.3) is 0 Å². The van der Waals surface area contributed by atoms with Gasteiger partial charge in [0.2, 0.25) is 0 Å². The fourth-order valence-electron chi connectivity index (χ4n) is 6.25. The predicted molar refractivity (Wildman–Crippen MR) is 127 cm³/mol. The van der Waals surface area contributed by atoms with E-state index in [-0.39, 0.29) is 12.0 Å². The van der Waals surface area contributed by atoms with Crippen molar-refractivity contribution in [2.75, 3.05) is 0 Å². The molecular formula is C28H44O2. The van der Waals surface area contributed by atoms with Gasteiger partial charge in [-0.25, -0.2) is 0 Å². The standard InChI is InChI=1S/C28H44O2/c1-19-10-14-24(29)18-23(19)13-12-22-8-7-17-28(6)25(15-16-26(22)28)20(2)9-11-21(3)27(4,5)30/h9,11-13,20-21,24-26,29-30H,1,7-8,10,14-18H2,2-6H3/b11-9+,22-12-,23-13-/t20-,21+,24+,25-,26+,28-/m1/s1. The van der Waals surface area contributed by atoms with Crippen molar-refractivity contribution in [3.05, 3.63) is 47.6 Å². The minimum Gasteiger partial charge on any atom is -0.393 e. The van der Waals surface area contributed by atoms with Gasteiger partial charge in [0.15, 0.2) is 0 Å². The van der Waals surface area contributed by atoms with Crippen LogP contribution in [0.1, 0.15) is 86.0 Å². The van der Waals surface area contributed by atoms with Crippen LogP contribution in [0.5, 0.6) is 0 Å². The molecule has 0 aliphatic heterocycles. The quantitative estimate of drug-likeness (QED) is 0.490. The maximum Gasteiger partial charge on any atom is 0.0651 e. The van der Waals surface area contributed by atoms with E-state index in [1.165, 1.54) is 43.3 Å². The Balaban J connectivity index is 1.75. The van der Waals surface area contributed by atoms with Gasteiger partial charge in [-0.15, -0.1) is 0 Å². The van der Waals surface area contributed by atoms with E-state index in [1.54, 1.807) is 5.57 Å². The Labute approximate surface area is 184 Å². The summed E-state index contributed by atoms with van der Waals surface area (Å²) in [5, 5.41) is 20.3. The fourth-order valence-corrected chi connectivity index (χ4v) is 6.25. The van der Waals surface area contributed by atoms with Crippen LogP contribution in [-0.2, 0) is 0 Å². The summed E-state index contributed by atoms with van der Waals surface area (Å²) in [7, 11) is 0. The average molecular weight is 413 g/mol. The van der Waals surface area contributed by atoms with E-state index in [2.05, 4.69) is 51.7 Å². The molecule has 168 valence electrons. The molecule has 2 nitrogen and oxygen atoms in total. The van der Waals surface area contributed by atoms with Gasteiger partial charge in [-0.1, -0.05) is 62.8 Å². The highest BCUT2D eigenvalue weighted by molar-refractivity contribution is 5.36. The molecule has 3 rings (SSSR count). The molecule has 6 atom stereocenters. The lowest BCUT2D eigenvalue weighted by Crippen LogP contribution is -2.35. The molecule has 0 heterocycles. The number of allylic oxidation sites excluding steroid dienone is 5. The zero-order valence-electron chi connectivity index (χ0n) is 20.0. The summed E-state index contributed by atoms with van der Waals surface area (Å²) in [6.45, 7) is 15.0. The topological polar surface area (TPSA) is 40.5 Å². The van der Waals surface area contributed by atoms with Gasteiger partial charge in [0.05, 0.1) is 11.7 Å². The van der Waals surface area contributed by atoms with Crippen molar-refractivity contribution in [1.29, 1.82) is 0 Å². The van der Waals surface area contributed by atoms with Crippen LogP contribution in [0.25, 0.3) is 0 Å². The van der Waals surface area contributed by atoms with E-state index >= 15 is 0 Å². The van der Waals surface area contributed by atoms with Crippen molar-refractivity contribution in [1.82, 2.24) is 0 Å². The molecular weight excluding hydrogens is 368 g/mol. The van der Waals surface area contributed by atoms with E-state index < -0.39 is 5.60 Å². The lowest BCUT2D eigenvalue weighted by molar-refractivity contribution is 0.0436. The predicted octanol–water partition coefficient (Wildman–Crippen LogP) is 6.76. The summed E-state index contributed by atoms with van der Waals surface area (Å²) in [6.07, 6.45) is 18.0. The van der Waals surface area contributed by atoms with Gasteiger partial charge < -0.3 is 10.2 Å². The van der Waals surface area contributed by atoms with E-state index in [0.717, 1.165) is 19.3 Å². The molecule has 3 aliphatic rings. The summed E-state index contributed by atoms with van der Waals surface area (Å²) in [4.78, 5) is 0. The zero-order chi connectivity index (χ0) is 22.1. The minimum absolute atomic E-state index is 0.164. The Morgan fingerprint density at radius 2 is 1.83 bits per heavy atom. The average Bonchev–Trinajstić information content (AvgIpc) is 3.03. The van der Waals surface area contributed by atoms with Gasteiger partial charge >= 0.3 is 0 Å². The maximum atomic E-state index is 10.3. The van der Waals surface area contributed by atoms with Gasteiger partial charge in [-0.2, -0.15) is 0 Å². The molecule has 0 unspecified atom stereocenters.